The van der Waals surface area contributed by atoms with E-state index in [0.29, 0.717) is 22.9 Å². The molecule has 3 N–H and O–H groups in total. The number of likely N-dealkylation sites (tertiary alicyclic amines) is 1. The van der Waals surface area contributed by atoms with Gasteiger partial charge in [0.25, 0.3) is 0 Å². The van der Waals surface area contributed by atoms with E-state index in [1.807, 2.05) is 13.0 Å². The van der Waals surface area contributed by atoms with Gasteiger partial charge < -0.3 is 20.4 Å². The largest absolute Gasteiger partial charge is 0.507 e. The number of aliphatic hydroxyl groups excluding tert-OH is 1. The van der Waals surface area contributed by atoms with Crippen molar-refractivity contribution < 1.29 is 10.2 Å². The minimum absolute atomic E-state index is 0.0174. The highest BCUT2D eigenvalue weighted by Gasteiger charge is 2.18. The molecular weight excluding hydrogens is 328 g/mol. The Hall–Kier alpha value is -2.62. The first-order valence-corrected chi connectivity index (χ1v) is 8.75. The number of likely N-dealkylation sites (N-methyl/N-ethyl adjacent to an activating group) is 1. The maximum atomic E-state index is 10.3. The van der Waals surface area contributed by atoms with Crippen molar-refractivity contribution in [1.29, 1.82) is 0 Å². The molecule has 1 aromatic carbocycles. The third-order valence-corrected chi connectivity index (χ3v) is 4.71. The Morgan fingerprint density at radius 3 is 2.81 bits per heavy atom. The lowest BCUT2D eigenvalue weighted by atomic mass is 10.0. The second-order valence-corrected chi connectivity index (χ2v) is 6.85. The quantitative estimate of drug-likeness (QED) is 0.733. The van der Waals surface area contributed by atoms with Gasteiger partial charge in [-0.15, -0.1) is 16.6 Å². The van der Waals surface area contributed by atoms with Gasteiger partial charge in [0.05, 0.1) is 5.69 Å². The van der Waals surface area contributed by atoms with Crippen molar-refractivity contribution in [2.45, 2.75) is 31.9 Å². The lowest BCUT2D eigenvalue weighted by Gasteiger charge is -2.30. The minimum Gasteiger partial charge on any atom is -0.507 e. The summed E-state index contributed by atoms with van der Waals surface area (Å²) in [5.41, 5.74) is 2.55. The summed E-state index contributed by atoms with van der Waals surface area (Å²) < 4.78 is 0. The van der Waals surface area contributed by atoms with Crippen LogP contribution in [0.4, 0.5) is 5.82 Å². The Kier molecular flexibility index (Phi) is 5.40. The van der Waals surface area contributed by atoms with Crippen molar-refractivity contribution in [2.24, 2.45) is 0 Å². The number of phenolic OH excluding ortho intramolecular Hbond substituents is 1. The topological polar surface area (TPSA) is 81.5 Å². The maximum Gasteiger partial charge on any atom is 0.149 e. The normalized spacial score (nSPS) is 18.9. The Balaban J connectivity index is 1.80. The van der Waals surface area contributed by atoms with Crippen molar-refractivity contribution in [3.05, 3.63) is 35.4 Å². The summed E-state index contributed by atoms with van der Waals surface area (Å²) in [4.78, 5) is 2.31. The zero-order valence-corrected chi connectivity index (χ0v) is 15.1. The monoisotopic (exact) mass is 352 g/mol. The minimum atomic E-state index is -1.04. The molecule has 2 atom stereocenters. The summed E-state index contributed by atoms with van der Waals surface area (Å²) in [5.74, 6) is 2.99. The van der Waals surface area contributed by atoms with Crippen molar-refractivity contribution in [3.63, 3.8) is 0 Å². The predicted octanol–water partition coefficient (Wildman–Crippen LogP) is 2.33. The zero-order chi connectivity index (χ0) is 18.7. The molecule has 26 heavy (non-hydrogen) atoms. The number of phenols is 1. The molecule has 0 radical (unpaired) electrons. The number of aliphatic hydroxyl groups is 1. The molecule has 0 spiro atoms. The van der Waals surface area contributed by atoms with E-state index in [9.17, 15) is 10.2 Å². The molecule has 1 aliphatic rings. The number of rotatable bonds is 4. The first kappa shape index (κ1) is 18.2. The first-order chi connectivity index (χ1) is 12.5. The Labute approximate surface area is 153 Å². The van der Waals surface area contributed by atoms with Gasteiger partial charge in [0.1, 0.15) is 17.7 Å². The highest BCUT2D eigenvalue weighted by molar-refractivity contribution is 5.70. The van der Waals surface area contributed by atoms with E-state index in [-0.39, 0.29) is 5.75 Å². The average Bonchev–Trinajstić information content (AvgIpc) is 2.62. The highest BCUT2D eigenvalue weighted by atomic mass is 16.3. The molecular formula is C20H24N4O2. The molecule has 6 nitrogen and oxygen atoms in total. The average molecular weight is 352 g/mol. The fraction of sp³-hybridized carbons (Fsp3) is 0.400. The van der Waals surface area contributed by atoms with Crippen LogP contribution in [0.1, 0.15) is 30.1 Å². The molecule has 2 heterocycles. The second kappa shape index (κ2) is 7.73. The van der Waals surface area contributed by atoms with Crippen molar-refractivity contribution in [3.8, 4) is 29.4 Å². The Morgan fingerprint density at radius 1 is 1.35 bits per heavy atom. The molecule has 1 fully saturated rings. The lowest BCUT2D eigenvalue weighted by Crippen LogP contribution is -2.39. The molecule has 1 aromatic heterocycles. The molecule has 1 aliphatic heterocycles. The van der Waals surface area contributed by atoms with Crippen LogP contribution in [0.5, 0.6) is 5.75 Å². The smallest absolute Gasteiger partial charge is 0.149 e. The zero-order valence-electron chi connectivity index (χ0n) is 15.1. The Bertz CT molecular complexity index is 831. The van der Waals surface area contributed by atoms with Crippen LogP contribution < -0.4 is 5.32 Å². The predicted molar refractivity (Wildman–Crippen MR) is 102 cm³/mol. The molecule has 1 saturated heterocycles. The number of aromatic nitrogens is 2. The van der Waals surface area contributed by atoms with E-state index in [1.54, 1.807) is 12.1 Å². The number of aryl methyl sites for hydroxylation is 1. The Morgan fingerprint density at radius 2 is 2.15 bits per heavy atom. The van der Waals surface area contributed by atoms with Crippen LogP contribution in [-0.2, 0) is 0 Å². The summed E-state index contributed by atoms with van der Waals surface area (Å²) in [6, 6.07) is 7.16. The van der Waals surface area contributed by atoms with Crippen LogP contribution in [0.3, 0.4) is 0 Å². The van der Waals surface area contributed by atoms with Crippen LogP contribution >= 0.6 is 0 Å². The maximum absolute atomic E-state index is 10.3. The molecule has 6 heteroatoms. The van der Waals surface area contributed by atoms with E-state index in [0.717, 1.165) is 30.9 Å². The van der Waals surface area contributed by atoms with Crippen LogP contribution in [0.25, 0.3) is 11.3 Å². The molecule has 0 aliphatic carbocycles. The van der Waals surface area contributed by atoms with E-state index in [1.165, 1.54) is 12.5 Å². The second-order valence-electron chi connectivity index (χ2n) is 6.85. The SMILES string of the molecule is C#CC(O)c1ccc(-c2nnc(NC3CCCN(C)C3)cc2C)c(O)c1. The van der Waals surface area contributed by atoms with Gasteiger partial charge in [0.2, 0.25) is 0 Å². The summed E-state index contributed by atoms with van der Waals surface area (Å²) in [6.07, 6.45) is 6.46. The molecule has 0 saturated carbocycles. The van der Waals surface area contributed by atoms with Gasteiger partial charge >= 0.3 is 0 Å². The molecule has 2 unspecified atom stereocenters. The van der Waals surface area contributed by atoms with Crippen LogP contribution in [0.2, 0.25) is 0 Å². The van der Waals surface area contributed by atoms with E-state index in [2.05, 4.69) is 33.4 Å². The van der Waals surface area contributed by atoms with E-state index < -0.39 is 6.10 Å². The number of anilines is 1. The first-order valence-electron chi connectivity index (χ1n) is 8.75. The number of nitrogens with zero attached hydrogens (tertiary/aromatic N) is 3. The third-order valence-electron chi connectivity index (χ3n) is 4.71. The number of hydrogen-bond donors (Lipinski definition) is 3. The molecule has 3 rings (SSSR count). The van der Waals surface area contributed by atoms with Gasteiger partial charge in [-0.1, -0.05) is 12.0 Å². The number of terminal acetylenes is 1. The number of aromatic hydroxyl groups is 1. The lowest BCUT2D eigenvalue weighted by molar-refractivity contribution is 0.238. The van der Waals surface area contributed by atoms with Gasteiger partial charge in [0, 0.05) is 18.2 Å². The van der Waals surface area contributed by atoms with Crippen LogP contribution in [0.15, 0.2) is 24.3 Å². The van der Waals surface area contributed by atoms with Gasteiger partial charge in [-0.25, -0.2) is 0 Å². The molecule has 0 bridgehead atoms. The summed E-state index contributed by atoms with van der Waals surface area (Å²) in [6.45, 7) is 4.06. The van der Waals surface area contributed by atoms with Crippen LogP contribution in [-0.4, -0.2) is 51.5 Å². The standard InChI is InChI=1S/C20H24N4O2/c1-4-17(25)14-7-8-16(18(26)11-14)20-13(2)10-19(22-23-20)21-15-6-5-9-24(3)12-15/h1,7-8,10-11,15,17,25-26H,5-6,9,12H2,2-3H3,(H,21,22). The molecule has 136 valence electrons. The summed E-state index contributed by atoms with van der Waals surface area (Å²) in [7, 11) is 2.12. The fourth-order valence-electron chi connectivity index (χ4n) is 3.33. The third kappa shape index (κ3) is 3.96. The van der Waals surface area contributed by atoms with Gasteiger partial charge in [0.15, 0.2) is 0 Å². The number of hydrogen-bond acceptors (Lipinski definition) is 6. The number of piperidine rings is 1. The van der Waals surface area contributed by atoms with Gasteiger partial charge in [-0.2, -0.15) is 0 Å². The van der Waals surface area contributed by atoms with E-state index in [4.69, 9.17) is 6.42 Å². The van der Waals surface area contributed by atoms with E-state index >= 15 is 0 Å². The van der Waals surface area contributed by atoms with Crippen molar-refractivity contribution >= 4 is 5.82 Å². The molecule has 2 aromatic rings. The fourth-order valence-corrected chi connectivity index (χ4v) is 3.33. The van der Waals surface area contributed by atoms with Gasteiger partial charge in [-0.3, -0.25) is 0 Å². The van der Waals surface area contributed by atoms with Crippen LogP contribution in [0, 0.1) is 19.3 Å². The molecule has 0 amide bonds. The summed E-state index contributed by atoms with van der Waals surface area (Å²) >= 11 is 0. The van der Waals surface area contributed by atoms with Crippen molar-refractivity contribution in [1.82, 2.24) is 15.1 Å². The van der Waals surface area contributed by atoms with Gasteiger partial charge in [-0.05, 0) is 62.7 Å². The van der Waals surface area contributed by atoms with Crippen molar-refractivity contribution in [2.75, 3.05) is 25.5 Å². The highest BCUT2D eigenvalue weighted by Crippen LogP contribution is 2.32. The summed E-state index contributed by atoms with van der Waals surface area (Å²) in [5, 5.41) is 32.0. The number of nitrogens with one attached hydrogen (secondary N) is 1. The number of benzene rings is 1.